The van der Waals surface area contributed by atoms with Crippen LogP contribution in [0.1, 0.15) is 35.6 Å². The summed E-state index contributed by atoms with van der Waals surface area (Å²) in [6, 6.07) is 12.4. The van der Waals surface area contributed by atoms with Crippen molar-refractivity contribution in [3.05, 3.63) is 53.1 Å². The van der Waals surface area contributed by atoms with Gasteiger partial charge in [0.05, 0.1) is 27.4 Å². The third-order valence-corrected chi connectivity index (χ3v) is 7.63. The largest absolute Gasteiger partial charge is 0.493 e. The molecule has 2 aliphatic heterocycles. The van der Waals surface area contributed by atoms with Crippen molar-refractivity contribution < 1.29 is 23.7 Å². The SMILES string of the molecule is COc1cc(CNC(=S)N2CCC(N3C(=O)OC4Cc5ccccc5C43)CC2)cc(OC)c1OC. The predicted octanol–water partition coefficient (Wildman–Crippen LogP) is 3.67. The summed E-state index contributed by atoms with van der Waals surface area (Å²) in [5.74, 6) is 1.79. The Bertz CT molecular complexity index is 1090. The van der Waals surface area contributed by atoms with Crippen LogP contribution in [0.2, 0.25) is 0 Å². The number of rotatable bonds is 6. The first-order chi connectivity index (χ1) is 17.0. The minimum Gasteiger partial charge on any atom is -0.493 e. The molecule has 2 saturated heterocycles. The number of hydrogen-bond acceptors (Lipinski definition) is 6. The van der Waals surface area contributed by atoms with Crippen LogP contribution in [0.5, 0.6) is 17.2 Å². The Morgan fingerprint density at radius 3 is 2.43 bits per heavy atom. The van der Waals surface area contributed by atoms with E-state index in [0.29, 0.717) is 28.9 Å². The molecule has 1 N–H and O–H groups in total. The molecule has 1 amide bonds. The number of carbonyl (C=O) groups is 1. The van der Waals surface area contributed by atoms with E-state index in [9.17, 15) is 4.79 Å². The van der Waals surface area contributed by atoms with Crippen LogP contribution in [0, 0.1) is 0 Å². The summed E-state index contributed by atoms with van der Waals surface area (Å²) in [7, 11) is 4.79. The van der Waals surface area contributed by atoms with E-state index >= 15 is 0 Å². The lowest BCUT2D eigenvalue weighted by molar-refractivity contribution is 0.118. The van der Waals surface area contributed by atoms with E-state index in [1.807, 2.05) is 23.1 Å². The number of carbonyl (C=O) groups excluding carboxylic acids is 1. The Morgan fingerprint density at radius 2 is 1.77 bits per heavy atom. The van der Waals surface area contributed by atoms with Gasteiger partial charge in [-0.2, -0.15) is 0 Å². The van der Waals surface area contributed by atoms with Crippen LogP contribution in [0.4, 0.5) is 4.79 Å². The lowest BCUT2D eigenvalue weighted by Gasteiger charge is -2.38. The van der Waals surface area contributed by atoms with Crippen molar-refractivity contribution >= 4 is 23.4 Å². The fourth-order valence-corrected chi connectivity index (χ4v) is 5.78. The number of nitrogens with zero attached hydrogens (tertiary/aromatic N) is 2. The van der Waals surface area contributed by atoms with Gasteiger partial charge in [-0.05, 0) is 53.9 Å². The third-order valence-electron chi connectivity index (χ3n) is 7.22. The summed E-state index contributed by atoms with van der Waals surface area (Å²) in [6.07, 6.45) is 2.26. The zero-order chi connectivity index (χ0) is 24.5. The van der Waals surface area contributed by atoms with E-state index in [4.69, 9.17) is 31.2 Å². The highest BCUT2D eigenvalue weighted by Gasteiger charge is 2.50. The lowest BCUT2D eigenvalue weighted by atomic mass is 9.99. The number of fused-ring (bicyclic) bond motifs is 3. The summed E-state index contributed by atoms with van der Waals surface area (Å²) in [5, 5.41) is 4.05. The molecule has 2 atom stereocenters. The van der Waals surface area contributed by atoms with Crippen molar-refractivity contribution in [1.29, 1.82) is 0 Å². The summed E-state index contributed by atoms with van der Waals surface area (Å²) < 4.78 is 22.0. The fourth-order valence-electron chi connectivity index (χ4n) is 5.53. The molecule has 0 aromatic heterocycles. The zero-order valence-electron chi connectivity index (χ0n) is 20.3. The van der Waals surface area contributed by atoms with Gasteiger partial charge in [-0.15, -0.1) is 0 Å². The summed E-state index contributed by atoms with van der Waals surface area (Å²) >= 11 is 5.69. The Morgan fingerprint density at radius 1 is 1.09 bits per heavy atom. The number of nitrogens with one attached hydrogen (secondary N) is 1. The molecule has 186 valence electrons. The van der Waals surface area contributed by atoms with Crippen LogP contribution in [-0.4, -0.2) is 67.6 Å². The number of piperidine rings is 1. The first-order valence-corrected chi connectivity index (χ1v) is 12.3. The van der Waals surface area contributed by atoms with Crippen LogP contribution in [-0.2, 0) is 17.7 Å². The van der Waals surface area contributed by atoms with Crippen molar-refractivity contribution in [3.8, 4) is 17.2 Å². The van der Waals surface area contributed by atoms with Gasteiger partial charge in [0.15, 0.2) is 16.6 Å². The highest BCUT2D eigenvalue weighted by Crippen LogP contribution is 2.44. The minimum atomic E-state index is -0.184. The topological polar surface area (TPSA) is 72.5 Å². The molecule has 2 aromatic rings. The van der Waals surface area contributed by atoms with Gasteiger partial charge >= 0.3 is 6.09 Å². The first-order valence-electron chi connectivity index (χ1n) is 11.9. The van der Waals surface area contributed by atoms with Gasteiger partial charge < -0.3 is 29.2 Å². The zero-order valence-corrected chi connectivity index (χ0v) is 21.1. The average molecular weight is 498 g/mol. The number of benzene rings is 2. The Hall–Kier alpha value is -3.20. The van der Waals surface area contributed by atoms with Crippen molar-refractivity contribution in [2.24, 2.45) is 0 Å². The molecular weight excluding hydrogens is 466 g/mol. The van der Waals surface area contributed by atoms with Crippen molar-refractivity contribution in [3.63, 3.8) is 0 Å². The smallest absolute Gasteiger partial charge is 0.411 e. The average Bonchev–Trinajstić information content (AvgIpc) is 3.40. The van der Waals surface area contributed by atoms with E-state index in [1.165, 1.54) is 11.1 Å². The molecule has 2 unspecified atom stereocenters. The number of ether oxygens (including phenoxy) is 4. The molecule has 0 saturated carbocycles. The number of hydrogen-bond donors (Lipinski definition) is 1. The second-order valence-corrected chi connectivity index (χ2v) is 9.47. The Kier molecular flexibility index (Phi) is 6.60. The van der Waals surface area contributed by atoms with E-state index in [2.05, 4.69) is 28.4 Å². The molecule has 2 fully saturated rings. The summed E-state index contributed by atoms with van der Waals surface area (Å²) in [4.78, 5) is 16.9. The van der Waals surface area contributed by atoms with Gasteiger partial charge in [-0.1, -0.05) is 24.3 Å². The van der Waals surface area contributed by atoms with Crippen LogP contribution in [0.15, 0.2) is 36.4 Å². The predicted molar refractivity (Wildman–Crippen MR) is 135 cm³/mol. The van der Waals surface area contributed by atoms with Gasteiger partial charge in [-0.25, -0.2) is 4.79 Å². The minimum absolute atomic E-state index is 0.0281. The molecule has 5 rings (SSSR count). The van der Waals surface area contributed by atoms with Gasteiger partial charge in [0, 0.05) is 32.1 Å². The van der Waals surface area contributed by atoms with E-state index < -0.39 is 0 Å². The second-order valence-electron chi connectivity index (χ2n) is 9.09. The standard InChI is InChI=1S/C26H31N3O5S/c1-31-21-12-16(13-22(32-2)24(21)33-3)15-27-25(35)28-10-8-18(9-11-28)29-23-19-7-5-4-6-17(19)14-20(23)34-26(29)30/h4-7,12-13,18,20,23H,8-11,14-15H2,1-3H3,(H,27,35). The van der Waals surface area contributed by atoms with E-state index in [-0.39, 0.29) is 24.3 Å². The highest BCUT2D eigenvalue weighted by molar-refractivity contribution is 7.80. The van der Waals surface area contributed by atoms with Crippen LogP contribution >= 0.6 is 12.2 Å². The molecule has 0 bridgehead atoms. The maximum absolute atomic E-state index is 12.7. The highest BCUT2D eigenvalue weighted by atomic mass is 32.1. The maximum Gasteiger partial charge on any atom is 0.411 e. The number of amides is 1. The van der Waals surface area contributed by atoms with Gasteiger partial charge in [0.25, 0.3) is 0 Å². The molecule has 8 nitrogen and oxygen atoms in total. The molecule has 0 radical (unpaired) electrons. The van der Waals surface area contributed by atoms with Gasteiger partial charge in [0.2, 0.25) is 5.75 Å². The fraction of sp³-hybridized carbons (Fsp3) is 0.462. The molecule has 9 heteroatoms. The molecule has 0 spiro atoms. The number of likely N-dealkylation sites (tertiary alicyclic amines) is 1. The maximum atomic E-state index is 12.7. The number of thiocarbonyl (C=S) groups is 1. The number of methoxy groups -OCH3 is 3. The molecular formula is C26H31N3O5S. The van der Waals surface area contributed by atoms with E-state index in [1.54, 1.807) is 21.3 Å². The van der Waals surface area contributed by atoms with Crippen molar-refractivity contribution in [2.75, 3.05) is 34.4 Å². The molecule has 3 aliphatic rings. The molecule has 1 aliphatic carbocycles. The third kappa shape index (κ3) is 4.33. The van der Waals surface area contributed by atoms with E-state index in [0.717, 1.165) is 37.9 Å². The second kappa shape index (κ2) is 9.81. The molecule has 2 heterocycles. The lowest BCUT2D eigenvalue weighted by Crippen LogP contribution is -2.50. The van der Waals surface area contributed by atoms with Gasteiger partial charge in [0.1, 0.15) is 6.10 Å². The quantitative estimate of drug-likeness (QED) is 0.607. The summed E-state index contributed by atoms with van der Waals surface area (Å²) in [6.45, 7) is 2.11. The first kappa shape index (κ1) is 23.5. The molecule has 35 heavy (non-hydrogen) atoms. The van der Waals surface area contributed by atoms with Crippen molar-refractivity contribution in [2.45, 2.75) is 44.0 Å². The van der Waals surface area contributed by atoms with Crippen LogP contribution in [0.3, 0.4) is 0 Å². The van der Waals surface area contributed by atoms with Crippen molar-refractivity contribution in [1.82, 2.24) is 15.1 Å². The summed E-state index contributed by atoms with van der Waals surface area (Å²) in [5.41, 5.74) is 3.49. The Labute approximate surface area is 211 Å². The monoisotopic (exact) mass is 497 g/mol. The normalized spacial score (nSPS) is 21.3. The van der Waals surface area contributed by atoms with Crippen LogP contribution < -0.4 is 19.5 Å². The molecule has 2 aromatic carbocycles. The van der Waals surface area contributed by atoms with Crippen LogP contribution in [0.25, 0.3) is 0 Å². The Balaban J connectivity index is 1.19. The van der Waals surface area contributed by atoms with Gasteiger partial charge in [-0.3, -0.25) is 4.90 Å².